The quantitative estimate of drug-likeness (QED) is 0.178. The third-order valence-electron chi connectivity index (χ3n) is 9.22. The molecule has 0 radical (unpaired) electrons. The first-order valence-corrected chi connectivity index (χ1v) is 15.8. The number of allylic oxidation sites excluding steroid dienone is 1. The molecule has 6 atom stereocenters. The SMILES string of the molecule is C=CCCC(=O)NC[C@@H](C)OC(=O)[C@@H]1[C@@H]2CC[C@]3(O2)[C@H](C(=O)N(CC=C)c2ccc4ccccc4c2)N(CCCCO)C(=O)[C@@H]13. The Bertz CT molecular complexity index is 1460. The summed E-state index contributed by atoms with van der Waals surface area (Å²) in [6, 6.07) is 12.7. The number of amides is 3. The molecule has 0 aliphatic carbocycles. The van der Waals surface area contributed by atoms with E-state index in [0.29, 0.717) is 44.2 Å². The van der Waals surface area contributed by atoms with Crippen LogP contribution in [0, 0.1) is 11.8 Å². The minimum Gasteiger partial charge on any atom is -0.460 e. The maximum absolute atomic E-state index is 14.7. The Hall–Kier alpha value is -4.02. The Morgan fingerprint density at radius 3 is 2.69 bits per heavy atom. The fourth-order valence-electron chi connectivity index (χ4n) is 7.18. The van der Waals surface area contributed by atoms with E-state index in [0.717, 1.165) is 10.8 Å². The zero-order valence-corrected chi connectivity index (χ0v) is 25.9. The summed E-state index contributed by atoms with van der Waals surface area (Å²) in [6.07, 6.45) is 4.92. The van der Waals surface area contributed by atoms with Gasteiger partial charge >= 0.3 is 5.97 Å². The standard InChI is InChI=1S/C35H43N3O7/c1-4-6-13-28(40)36-22-23(3)44-34(43)29-27-16-17-35(45-27)30(29)32(41)38(19-9-10-20-39)31(35)33(42)37(18-5-2)26-15-14-24-11-7-8-12-25(24)21-26/h4-5,7-8,11-12,14-15,21,23,27,29-31,39H,1-2,6,9-10,13,16-20,22H2,3H3,(H,36,40)/t23-,27+,29-,30-,31+,35-/m1/s1. The van der Waals surface area contributed by atoms with Gasteiger partial charge in [0, 0.05) is 31.8 Å². The van der Waals surface area contributed by atoms with Crippen molar-refractivity contribution < 1.29 is 33.8 Å². The molecule has 0 aromatic heterocycles. The molecule has 2 N–H and O–H groups in total. The van der Waals surface area contributed by atoms with Crippen LogP contribution >= 0.6 is 0 Å². The maximum Gasteiger partial charge on any atom is 0.312 e. The van der Waals surface area contributed by atoms with E-state index in [2.05, 4.69) is 18.5 Å². The van der Waals surface area contributed by atoms with Gasteiger partial charge in [0.25, 0.3) is 5.91 Å². The van der Waals surface area contributed by atoms with Crippen molar-refractivity contribution in [3.8, 4) is 0 Å². The average molecular weight is 618 g/mol. The number of aliphatic hydroxyl groups is 1. The first kappa shape index (κ1) is 32.4. The van der Waals surface area contributed by atoms with Gasteiger partial charge in [-0.2, -0.15) is 0 Å². The molecule has 3 aliphatic rings. The lowest BCUT2D eigenvalue weighted by atomic mass is 9.70. The van der Waals surface area contributed by atoms with Crippen molar-refractivity contribution in [2.45, 2.75) is 69.3 Å². The molecule has 240 valence electrons. The Balaban J connectivity index is 1.42. The van der Waals surface area contributed by atoms with Crippen molar-refractivity contribution in [1.29, 1.82) is 0 Å². The Kier molecular flexibility index (Phi) is 10.0. The molecule has 3 fully saturated rings. The minimum atomic E-state index is -1.18. The highest BCUT2D eigenvalue weighted by Gasteiger charge is 2.75. The van der Waals surface area contributed by atoms with Gasteiger partial charge in [0.15, 0.2) is 0 Å². The number of hydrogen-bond acceptors (Lipinski definition) is 7. The number of rotatable bonds is 15. The molecule has 0 saturated carbocycles. The van der Waals surface area contributed by atoms with Crippen molar-refractivity contribution in [2.75, 3.05) is 31.1 Å². The number of nitrogens with one attached hydrogen (secondary N) is 1. The fraction of sp³-hybridized carbons (Fsp3) is 0.486. The number of likely N-dealkylation sites (tertiary alicyclic amines) is 1. The molecule has 2 aromatic carbocycles. The van der Waals surface area contributed by atoms with Crippen LogP contribution in [0.2, 0.25) is 0 Å². The maximum atomic E-state index is 14.7. The highest BCUT2D eigenvalue weighted by molar-refractivity contribution is 6.05. The lowest BCUT2D eigenvalue weighted by Gasteiger charge is -2.37. The van der Waals surface area contributed by atoms with Crippen molar-refractivity contribution in [3.05, 3.63) is 67.8 Å². The van der Waals surface area contributed by atoms with E-state index < -0.39 is 41.7 Å². The monoisotopic (exact) mass is 617 g/mol. The third-order valence-corrected chi connectivity index (χ3v) is 9.22. The van der Waals surface area contributed by atoms with Crippen LogP contribution in [-0.4, -0.2) is 83.8 Å². The molecule has 45 heavy (non-hydrogen) atoms. The number of nitrogens with zero attached hydrogens (tertiary/aromatic N) is 2. The number of anilines is 1. The molecule has 3 heterocycles. The van der Waals surface area contributed by atoms with Gasteiger partial charge in [0.2, 0.25) is 11.8 Å². The van der Waals surface area contributed by atoms with Crippen molar-refractivity contribution >= 4 is 40.2 Å². The summed E-state index contributed by atoms with van der Waals surface area (Å²) >= 11 is 0. The molecule has 3 saturated heterocycles. The molecular formula is C35H43N3O7. The van der Waals surface area contributed by atoms with Gasteiger partial charge in [0.1, 0.15) is 17.7 Å². The molecule has 3 aliphatic heterocycles. The second-order valence-electron chi connectivity index (χ2n) is 12.2. The van der Waals surface area contributed by atoms with Gasteiger partial charge in [-0.1, -0.05) is 42.5 Å². The summed E-state index contributed by atoms with van der Waals surface area (Å²) in [5.74, 6) is -3.07. The summed E-state index contributed by atoms with van der Waals surface area (Å²) in [5, 5.41) is 14.2. The molecule has 2 bridgehead atoms. The van der Waals surface area contributed by atoms with E-state index in [4.69, 9.17) is 9.47 Å². The first-order chi connectivity index (χ1) is 21.7. The third kappa shape index (κ3) is 6.26. The molecule has 0 unspecified atom stereocenters. The van der Waals surface area contributed by atoms with E-state index in [1.807, 2.05) is 42.5 Å². The number of aliphatic hydroxyl groups excluding tert-OH is 1. The second kappa shape index (κ2) is 14.0. The van der Waals surface area contributed by atoms with Gasteiger partial charge in [-0.05, 0) is 61.9 Å². The smallest absolute Gasteiger partial charge is 0.312 e. The summed E-state index contributed by atoms with van der Waals surface area (Å²) in [6.45, 7) is 9.76. The molecule has 2 aromatic rings. The van der Waals surface area contributed by atoms with Gasteiger partial charge < -0.3 is 29.7 Å². The van der Waals surface area contributed by atoms with Gasteiger partial charge in [-0.25, -0.2) is 0 Å². The zero-order valence-electron chi connectivity index (χ0n) is 25.9. The van der Waals surface area contributed by atoms with Crippen molar-refractivity contribution in [2.24, 2.45) is 11.8 Å². The summed E-state index contributed by atoms with van der Waals surface area (Å²) in [7, 11) is 0. The molecule has 10 heteroatoms. The summed E-state index contributed by atoms with van der Waals surface area (Å²) < 4.78 is 12.3. The lowest BCUT2D eigenvalue weighted by Crippen LogP contribution is -2.56. The van der Waals surface area contributed by atoms with Gasteiger partial charge in [0.05, 0.1) is 24.5 Å². The first-order valence-electron chi connectivity index (χ1n) is 15.8. The largest absolute Gasteiger partial charge is 0.460 e. The number of fused-ring (bicyclic) bond motifs is 2. The topological polar surface area (TPSA) is 125 Å². The van der Waals surface area contributed by atoms with Crippen LogP contribution in [0.15, 0.2) is 67.8 Å². The van der Waals surface area contributed by atoms with Gasteiger partial charge in [-0.15, -0.1) is 13.2 Å². The predicted molar refractivity (Wildman–Crippen MR) is 170 cm³/mol. The predicted octanol–water partition coefficient (Wildman–Crippen LogP) is 3.52. The van der Waals surface area contributed by atoms with Crippen LogP contribution in [0.1, 0.15) is 45.4 Å². The number of ether oxygens (including phenoxy) is 2. The minimum absolute atomic E-state index is 0.0373. The number of benzene rings is 2. The summed E-state index contributed by atoms with van der Waals surface area (Å²) in [5.41, 5.74) is -0.506. The van der Waals surface area contributed by atoms with Gasteiger partial charge in [-0.3, -0.25) is 19.2 Å². The summed E-state index contributed by atoms with van der Waals surface area (Å²) in [4.78, 5) is 57.7. The number of unbranched alkanes of at least 4 members (excludes halogenated alkanes) is 1. The van der Waals surface area contributed by atoms with Crippen molar-refractivity contribution in [1.82, 2.24) is 10.2 Å². The van der Waals surface area contributed by atoms with Crippen LogP contribution in [-0.2, 0) is 28.7 Å². The van der Waals surface area contributed by atoms with Crippen LogP contribution in [0.25, 0.3) is 10.8 Å². The fourth-order valence-corrected chi connectivity index (χ4v) is 7.18. The van der Waals surface area contributed by atoms with Crippen molar-refractivity contribution in [3.63, 3.8) is 0 Å². The molecule has 3 amide bonds. The van der Waals surface area contributed by atoms with Crippen LogP contribution < -0.4 is 10.2 Å². The van der Waals surface area contributed by atoms with E-state index in [1.54, 1.807) is 28.9 Å². The van der Waals surface area contributed by atoms with Crippen LogP contribution in [0.3, 0.4) is 0 Å². The Morgan fingerprint density at radius 1 is 1.18 bits per heavy atom. The van der Waals surface area contributed by atoms with E-state index in [9.17, 15) is 24.3 Å². The normalized spacial score (nSPS) is 25.6. The Morgan fingerprint density at radius 2 is 1.96 bits per heavy atom. The molecule has 5 rings (SSSR count). The number of esters is 1. The highest BCUT2D eigenvalue weighted by atomic mass is 16.6. The van der Waals surface area contributed by atoms with Crippen LogP contribution in [0.5, 0.6) is 0 Å². The molecule has 1 spiro atoms. The molecule has 10 nitrogen and oxygen atoms in total. The number of hydrogen-bond donors (Lipinski definition) is 2. The molecular weight excluding hydrogens is 574 g/mol. The number of carbonyl (C=O) groups is 4. The van der Waals surface area contributed by atoms with E-state index >= 15 is 0 Å². The lowest BCUT2D eigenvalue weighted by molar-refractivity contribution is -0.159. The highest BCUT2D eigenvalue weighted by Crippen LogP contribution is 2.59. The average Bonchev–Trinajstić information content (AvgIpc) is 3.68. The number of carbonyl (C=O) groups excluding carboxylic acids is 4. The van der Waals surface area contributed by atoms with E-state index in [-0.39, 0.29) is 44.0 Å². The second-order valence-corrected chi connectivity index (χ2v) is 12.2. The van der Waals surface area contributed by atoms with E-state index in [1.165, 1.54) is 0 Å². The Labute approximate surface area is 264 Å². The van der Waals surface area contributed by atoms with Crippen LogP contribution in [0.4, 0.5) is 5.69 Å². The zero-order chi connectivity index (χ0) is 32.1.